The Morgan fingerprint density at radius 1 is 1.05 bits per heavy atom. The molecule has 0 unspecified atom stereocenters. The Hall–Kier alpha value is -1.55. The largest absolute Gasteiger partial charge is 0.459 e. The van der Waals surface area contributed by atoms with Gasteiger partial charge in [0.2, 0.25) is 0 Å². The standard InChI is InChI=1S/C10H11F8N3/c1-2-3-4-21-7(19)5(9(13,14)15)6(20-21)8(11,12)10(16,17)18/h2-4,19H2,1H3. The summed E-state index contributed by atoms with van der Waals surface area (Å²) in [6.45, 7) is 1.36. The maximum atomic E-state index is 13.2. The predicted octanol–water partition coefficient (Wildman–Crippen LogP) is 3.94. The van der Waals surface area contributed by atoms with Crippen molar-refractivity contribution in [3.8, 4) is 0 Å². The monoisotopic (exact) mass is 325 g/mol. The number of rotatable bonds is 4. The smallest absolute Gasteiger partial charge is 0.383 e. The van der Waals surface area contributed by atoms with Crippen LogP contribution in [0.4, 0.5) is 40.9 Å². The topological polar surface area (TPSA) is 43.8 Å². The van der Waals surface area contributed by atoms with Gasteiger partial charge in [0.15, 0.2) is 5.69 Å². The molecule has 0 amide bonds. The van der Waals surface area contributed by atoms with Crippen molar-refractivity contribution in [2.45, 2.75) is 44.6 Å². The van der Waals surface area contributed by atoms with Crippen molar-refractivity contribution in [1.29, 1.82) is 0 Å². The summed E-state index contributed by atoms with van der Waals surface area (Å²) in [4.78, 5) is 0. The van der Waals surface area contributed by atoms with Gasteiger partial charge in [-0.2, -0.15) is 40.2 Å². The molecule has 1 rings (SSSR count). The number of anilines is 1. The summed E-state index contributed by atoms with van der Waals surface area (Å²) in [5.41, 5.74) is 0.381. The number of hydrogen-bond donors (Lipinski definition) is 1. The number of unbranched alkanes of at least 4 members (excludes halogenated alkanes) is 1. The zero-order chi connectivity index (χ0) is 16.6. The lowest BCUT2D eigenvalue weighted by Gasteiger charge is -2.19. The van der Waals surface area contributed by atoms with Crippen LogP contribution in [-0.2, 0) is 18.6 Å². The van der Waals surface area contributed by atoms with Crippen LogP contribution in [0.25, 0.3) is 0 Å². The number of nitrogens with zero attached hydrogens (tertiary/aromatic N) is 2. The first-order valence-corrected chi connectivity index (χ1v) is 5.72. The van der Waals surface area contributed by atoms with Gasteiger partial charge in [0.25, 0.3) is 0 Å². The average Bonchev–Trinajstić information content (AvgIpc) is 2.62. The molecule has 21 heavy (non-hydrogen) atoms. The molecular weight excluding hydrogens is 314 g/mol. The van der Waals surface area contributed by atoms with Gasteiger partial charge >= 0.3 is 18.3 Å². The molecular formula is C10H11F8N3. The molecule has 0 fully saturated rings. The van der Waals surface area contributed by atoms with Gasteiger partial charge in [-0.25, -0.2) is 4.68 Å². The Balaban J connectivity index is 3.51. The summed E-state index contributed by atoms with van der Waals surface area (Å²) in [5, 5.41) is 2.75. The van der Waals surface area contributed by atoms with E-state index in [0.29, 0.717) is 11.1 Å². The Morgan fingerprint density at radius 3 is 1.95 bits per heavy atom. The minimum absolute atomic E-state index is 0.222. The molecule has 0 bridgehead atoms. The summed E-state index contributed by atoms with van der Waals surface area (Å²) >= 11 is 0. The van der Waals surface area contributed by atoms with Crippen LogP contribution in [0.15, 0.2) is 0 Å². The minimum Gasteiger partial charge on any atom is -0.383 e. The van der Waals surface area contributed by atoms with E-state index in [1.165, 1.54) is 0 Å². The SMILES string of the molecule is CCCCn1nc(C(F)(F)C(F)(F)F)c(C(F)(F)F)c1N. The molecule has 0 radical (unpaired) electrons. The second kappa shape index (κ2) is 5.34. The van der Waals surface area contributed by atoms with E-state index in [4.69, 9.17) is 5.73 Å². The molecule has 122 valence electrons. The van der Waals surface area contributed by atoms with Crippen molar-refractivity contribution in [3.63, 3.8) is 0 Å². The number of aryl methyl sites for hydroxylation is 1. The number of aromatic nitrogens is 2. The van der Waals surface area contributed by atoms with Gasteiger partial charge in [0.1, 0.15) is 11.4 Å². The minimum atomic E-state index is -6.20. The number of hydrogen-bond acceptors (Lipinski definition) is 2. The Kier molecular flexibility index (Phi) is 4.45. The molecule has 1 aromatic rings. The van der Waals surface area contributed by atoms with E-state index >= 15 is 0 Å². The Labute approximate surface area is 113 Å². The average molecular weight is 325 g/mol. The summed E-state index contributed by atoms with van der Waals surface area (Å²) < 4.78 is 102. The van der Waals surface area contributed by atoms with Crippen molar-refractivity contribution in [3.05, 3.63) is 11.3 Å². The summed E-state index contributed by atoms with van der Waals surface area (Å²) in [5.74, 6) is -7.00. The zero-order valence-electron chi connectivity index (χ0n) is 10.6. The van der Waals surface area contributed by atoms with Crippen LogP contribution in [0.1, 0.15) is 31.0 Å². The first-order valence-electron chi connectivity index (χ1n) is 5.72. The molecule has 1 heterocycles. The lowest BCUT2D eigenvalue weighted by molar-refractivity contribution is -0.292. The van der Waals surface area contributed by atoms with E-state index in [2.05, 4.69) is 5.10 Å². The van der Waals surface area contributed by atoms with Gasteiger partial charge in [-0.05, 0) is 6.42 Å². The molecule has 0 saturated carbocycles. The molecule has 0 aromatic carbocycles. The highest BCUT2D eigenvalue weighted by atomic mass is 19.4. The maximum Gasteiger partial charge on any atom is 0.459 e. The second-order valence-electron chi connectivity index (χ2n) is 4.26. The molecule has 0 aliphatic carbocycles. The molecule has 0 aliphatic rings. The summed E-state index contributed by atoms with van der Waals surface area (Å²) in [6, 6.07) is 0. The molecule has 3 nitrogen and oxygen atoms in total. The van der Waals surface area contributed by atoms with Crippen LogP contribution in [-0.4, -0.2) is 16.0 Å². The Morgan fingerprint density at radius 2 is 1.57 bits per heavy atom. The first-order chi connectivity index (χ1) is 9.34. The van der Waals surface area contributed by atoms with Crippen molar-refractivity contribution in [2.75, 3.05) is 5.73 Å². The van der Waals surface area contributed by atoms with E-state index < -0.39 is 35.4 Å². The van der Waals surface area contributed by atoms with E-state index in [1.54, 1.807) is 6.92 Å². The molecule has 1 aromatic heterocycles. The fourth-order valence-corrected chi connectivity index (χ4v) is 1.59. The van der Waals surface area contributed by atoms with Crippen LogP contribution in [0.2, 0.25) is 0 Å². The van der Waals surface area contributed by atoms with Crippen molar-refractivity contribution >= 4 is 5.82 Å². The molecule has 2 N–H and O–H groups in total. The van der Waals surface area contributed by atoms with Crippen LogP contribution >= 0.6 is 0 Å². The third kappa shape index (κ3) is 3.21. The fraction of sp³-hybridized carbons (Fsp3) is 0.700. The first kappa shape index (κ1) is 17.5. The fourth-order valence-electron chi connectivity index (χ4n) is 1.59. The van der Waals surface area contributed by atoms with Gasteiger partial charge in [-0.15, -0.1) is 0 Å². The van der Waals surface area contributed by atoms with Crippen molar-refractivity contribution in [2.24, 2.45) is 0 Å². The van der Waals surface area contributed by atoms with Gasteiger partial charge in [0, 0.05) is 6.54 Å². The lowest BCUT2D eigenvalue weighted by Crippen LogP contribution is -2.36. The third-order valence-corrected chi connectivity index (χ3v) is 2.65. The number of halogens is 8. The van der Waals surface area contributed by atoms with Gasteiger partial charge in [-0.1, -0.05) is 13.3 Å². The normalized spacial score (nSPS) is 13.8. The quantitative estimate of drug-likeness (QED) is 0.852. The highest BCUT2D eigenvalue weighted by Gasteiger charge is 2.64. The highest BCUT2D eigenvalue weighted by Crippen LogP contribution is 2.49. The van der Waals surface area contributed by atoms with E-state index in [0.717, 1.165) is 0 Å². The van der Waals surface area contributed by atoms with E-state index in [9.17, 15) is 35.1 Å². The van der Waals surface area contributed by atoms with E-state index in [1.807, 2.05) is 0 Å². The van der Waals surface area contributed by atoms with Crippen LogP contribution in [0.3, 0.4) is 0 Å². The number of nitrogens with two attached hydrogens (primary N) is 1. The van der Waals surface area contributed by atoms with Crippen LogP contribution in [0.5, 0.6) is 0 Å². The van der Waals surface area contributed by atoms with Crippen molar-refractivity contribution < 1.29 is 35.1 Å². The highest BCUT2D eigenvalue weighted by molar-refractivity contribution is 5.47. The molecule has 0 spiro atoms. The van der Waals surface area contributed by atoms with Gasteiger partial charge in [0.05, 0.1) is 0 Å². The third-order valence-electron chi connectivity index (χ3n) is 2.65. The molecule has 0 atom stereocenters. The lowest BCUT2D eigenvalue weighted by atomic mass is 10.1. The van der Waals surface area contributed by atoms with Gasteiger partial charge in [-0.3, -0.25) is 0 Å². The van der Waals surface area contributed by atoms with Gasteiger partial charge < -0.3 is 5.73 Å². The summed E-state index contributed by atoms with van der Waals surface area (Å²) in [7, 11) is 0. The number of nitrogen functional groups attached to an aromatic ring is 1. The van der Waals surface area contributed by atoms with Crippen LogP contribution < -0.4 is 5.73 Å². The van der Waals surface area contributed by atoms with Crippen LogP contribution in [0, 0.1) is 0 Å². The number of alkyl halides is 8. The molecule has 0 aliphatic heterocycles. The predicted molar refractivity (Wildman–Crippen MR) is 56.5 cm³/mol. The molecule has 11 heteroatoms. The van der Waals surface area contributed by atoms with Crippen molar-refractivity contribution in [1.82, 2.24) is 9.78 Å². The Bertz CT molecular complexity index is 500. The second-order valence-corrected chi connectivity index (χ2v) is 4.26. The molecule has 0 saturated heterocycles. The van der Waals surface area contributed by atoms with E-state index in [-0.39, 0.29) is 13.0 Å². The maximum absolute atomic E-state index is 13.2. The zero-order valence-corrected chi connectivity index (χ0v) is 10.6. The summed E-state index contributed by atoms with van der Waals surface area (Å²) in [6.07, 6.45) is -11.0.